The molecule has 0 unspecified atom stereocenters. The number of nitrogens with zero attached hydrogens (tertiary/aromatic N) is 2. The lowest BCUT2D eigenvalue weighted by molar-refractivity contribution is -0.115. The van der Waals surface area contributed by atoms with Gasteiger partial charge in [-0.3, -0.25) is 4.79 Å². The normalized spacial score (nSPS) is 11.2. The molecule has 0 spiro atoms. The van der Waals surface area contributed by atoms with Crippen molar-refractivity contribution in [2.45, 2.75) is 13.3 Å². The van der Waals surface area contributed by atoms with Crippen LogP contribution in [0.5, 0.6) is 0 Å². The van der Waals surface area contributed by atoms with Crippen LogP contribution in [-0.2, 0) is 18.3 Å². The van der Waals surface area contributed by atoms with Gasteiger partial charge in [-0.05, 0) is 42.8 Å². The lowest BCUT2D eigenvalue weighted by Gasteiger charge is -2.07. The average Bonchev–Trinajstić information content (AvgIpc) is 2.93. The van der Waals surface area contributed by atoms with E-state index < -0.39 is 11.6 Å². The van der Waals surface area contributed by atoms with Gasteiger partial charge in [-0.15, -0.1) is 23.7 Å². The second-order valence-corrected chi connectivity index (χ2v) is 7.23. The van der Waals surface area contributed by atoms with Crippen molar-refractivity contribution in [1.82, 2.24) is 4.57 Å². The van der Waals surface area contributed by atoms with Crippen molar-refractivity contribution < 1.29 is 13.6 Å². The van der Waals surface area contributed by atoms with Gasteiger partial charge in [-0.25, -0.2) is 13.8 Å². The van der Waals surface area contributed by atoms with Crippen molar-refractivity contribution in [1.29, 1.82) is 0 Å². The highest BCUT2D eigenvalue weighted by Gasteiger charge is 2.11. The summed E-state index contributed by atoms with van der Waals surface area (Å²) < 4.78 is 28.8. The molecule has 0 saturated heterocycles. The molecule has 2 aromatic carbocycles. The number of aromatic nitrogens is 1. The number of anilines is 1. The van der Waals surface area contributed by atoms with Gasteiger partial charge in [0, 0.05) is 18.1 Å². The number of hydrogen-bond donors (Lipinski definition) is 1. The van der Waals surface area contributed by atoms with Gasteiger partial charge in [0.1, 0.15) is 17.3 Å². The zero-order chi connectivity index (χ0) is 19.6. The van der Waals surface area contributed by atoms with E-state index in [4.69, 9.17) is 11.6 Å². The molecule has 0 aliphatic rings. The molecule has 1 amide bonds. The summed E-state index contributed by atoms with van der Waals surface area (Å²) in [4.78, 5) is 17.2. The predicted molar refractivity (Wildman–Crippen MR) is 111 cm³/mol. The molecule has 3 rings (SSSR count). The van der Waals surface area contributed by atoms with Crippen molar-refractivity contribution in [2.75, 3.05) is 5.32 Å². The number of thiazole rings is 1. The lowest BCUT2D eigenvalue weighted by Crippen LogP contribution is -2.19. The van der Waals surface area contributed by atoms with Crippen LogP contribution in [-0.4, -0.2) is 10.5 Å². The van der Waals surface area contributed by atoms with Gasteiger partial charge in [0.15, 0.2) is 4.80 Å². The van der Waals surface area contributed by atoms with Crippen LogP contribution in [0.25, 0.3) is 0 Å². The fourth-order valence-corrected chi connectivity index (χ4v) is 3.54. The molecule has 0 bridgehead atoms. The number of rotatable bonds is 4. The number of aryl methyl sites for hydroxylation is 1. The minimum Gasteiger partial charge on any atom is -0.324 e. The van der Waals surface area contributed by atoms with Crippen molar-refractivity contribution in [2.24, 2.45) is 12.0 Å². The van der Waals surface area contributed by atoms with Gasteiger partial charge in [0.25, 0.3) is 0 Å². The van der Waals surface area contributed by atoms with Crippen LogP contribution < -0.4 is 10.1 Å². The fraction of sp³-hybridized carbons (Fsp3) is 0.158. The molecule has 0 aliphatic carbocycles. The minimum absolute atomic E-state index is 0. The molecule has 0 aliphatic heterocycles. The van der Waals surface area contributed by atoms with E-state index in [1.807, 2.05) is 6.92 Å². The molecule has 28 heavy (non-hydrogen) atoms. The van der Waals surface area contributed by atoms with Crippen LogP contribution in [0.2, 0.25) is 5.02 Å². The Kier molecular flexibility index (Phi) is 7.35. The van der Waals surface area contributed by atoms with Crippen molar-refractivity contribution in [3.8, 4) is 0 Å². The van der Waals surface area contributed by atoms with E-state index in [2.05, 4.69) is 10.3 Å². The summed E-state index contributed by atoms with van der Waals surface area (Å²) in [6.07, 6.45) is 0.0760. The average molecular weight is 444 g/mol. The molecule has 4 nitrogen and oxygen atoms in total. The van der Waals surface area contributed by atoms with Crippen LogP contribution in [0, 0.1) is 18.6 Å². The molecule has 1 aromatic heterocycles. The summed E-state index contributed by atoms with van der Waals surface area (Å²) in [6.45, 7) is 1.81. The van der Waals surface area contributed by atoms with E-state index in [9.17, 15) is 13.6 Å². The van der Waals surface area contributed by atoms with Crippen molar-refractivity contribution in [3.05, 3.63) is 74.5 Å². The molecule has 0 saturated carbocycles. The molecule has 9 heteroatoms. The van der Waals surface area contributed by atoms with Gasteiger partial charge >= 0.3 is 0 Å². The molecule has 0 atom stereocenters. The topological polar surface area (TPSA) is 46.4 Å². The molecular formula is C19H17Cl2F2N3OS. The SMILES string of the molecule is Cc1ccc(N=c2scc(CC(=O)Nc3ccc(F)cc3Cl)n2C)c(F)c1.Cl. The number of hydrogen-bond acceptors (Lipinski definition) is 3. The van der Waals surface area contributed by atoms with Crippen LogP contribution in [0.4, 0.5) is 20.2 Å². The molecule has 3 aromatic rings. The first-order valence-electron chi connectivity index (χ1n) is 8.02. The maximum Gasteiger partial charge on any atom is 0.230 e. The van der Waals surface area contributed by atoms with Gasteiger partial charge in [0.05, 0.1) is 17.1 Å². The summed E-state index contributed by atoms with van der Waals surface area (Å²) in [7, 11) is 1.76. The zero-order valence-electron chi connectivity index (χ0n) is 15.0. The Labute approximate surface area is 175 Å². The number of amides is 1. The Morgan fingerprint density at radius 2 is 2.00 bits per heavy atom. The number of benzene rings is 2. The summed E-state index contributed by atoms with van der Waals surface area (Å²) >= 11 is 7.23. The Hall–Kier alpha value is -2.22. The predicted octanol–water partition coefficient (Wildman–Crippen LogP) is 5.16. The summed E-state index contributed by atoms with van der Waals surface area (Å²) in [5.41, 5.74) is 2.11. The minimum atomic E-state index is -0.475. The van der Waals surface area contributed by atoms with Gasteiger partial charge in [-0.1, -0.05) is 17.7 Å². The molecule has 1 heterocycles. The van der Waals surface area contributed by atoms with E-state index in [-0.39, 0.29) is 35.4 Å². The smallest absolute Gasteiger partial charge is 0.230 e. The van der Waals surface area contributed by atoms with Gasteiger partial charge < -0.3 is 9.88 Å². The highest BCUT2D eigenvalue weighted by Crippen LogP contribution is 2.22. The van der Waals surface area contributed by atoms with Crippen LogP contribution in [0.15, 0.2) is 46.8 Å². The van der Waals surface area contributed by atoms with E-state index in [1.165, 1.54) is 29.5 Å². The Balaban J connectivity index is 0.00000280. The fourth-order valence-electron chi connectivity index (χ4n) is 2.42. The second-order valence-electron chi connectivity index (χ2n) is 5.98. The first-order chi connectivity index (χ1) is 12.8. The van der Waals surface area contributed by atoms with E-state index >= 15 is 0 Å². The quantitative estimate of drug-likeness (QED) is 0.594. The maximum atomic E-state index is 14.0. The largest absolute Gasteiger partial charge is 0.324 e. The molecule has 148 valence electrons. The molecule has 0 radical (unpaired) electrons. The number of carbonyl (C=O) groups excluding carboxylic acids is 1. The second kappa shape index (κ2) is 9.32. The highest BCUT2D eigenvalue weighted by atomic mass is 35.5. The van der Waals surface area contributed by atoms with E-state index in [1.54, 1.807) is 29.1 Å². The molecule has 0 fully saturated rings. The van der Waals surface area contributed by atoms with Gasteiger partial charge in [-0.2, -0.15) is 0 Å². The number of nitrogens with one attached hydrogen (secondary N) is 1. The van der Waals surface area contributed by atoms with Crippen LogP contribution >= 0.6 is 35.3 Å². The monoisotopic (exact) mass is 443 g/mol. The third-order valence-corrected chi connectivity index (χ3v) is 5.16. The first kappa shape index (κ1) is 22.1. The number of carbonyl (C=O) groups is 1. The van der Waals surface area contributed by atoms with Gasteiger partial charge in [0.2, 0.25) is 5.91 Å². The maximum absolute atomic E-state index is 14.0. The summed E-state index contributed by atoms with van der Waals surface area (Å²) in [5.74, 6) is -1.17. The zero-order valence-corrected chi connectivity index (χ0v) is 17.4. The summed E-state index contributed by atoms with van der Waals surface area (Å²) in [5, 5.41) is 4.57. The highest BCUT2D eigenvalue weighted by molar-refractivity contribution is 7.07. The first-order valence-corrected chi connectivity index (χ1v) is 9.28. The summed E-state index contributed by atoms with van der Waals surface area (Å²) in [6, 6.07) is 8.59. The number of halogens is 4. The van der Waals surface area contributed by atoms with E-state index in [0.717, 1.165) is 11.6 Å². The van der Waals surface area contributed by atoms with Crippen LogP contribution in [0.1, 0.15) is 11.3 Å². The molecular weight excluding hydrogens is 427 g/mol. The third-order valence-electron chi connectivity index (χ3n) is 3.88. The van der Waals surface area contributed by atoms with Crippen molar-refractivity contribution >= 4 is 52.6 Å². The Morgan fingerprint density at radius 3 is 2.68 bits per heavy atom. The van der Waals surface area contributed by atoms with Crippen molar-refractivity contribution in [3.63, 3.8) is 0 Å². The lowest BCUT2D eigenvalue weighted by atomic mass is 10.2. The third kappa shape index (κ3) is 5.19. The molecule has 1 N–H and O–H groups in total. The van der Waals surface area contributed by atoms with Crippen LogP contribution in [0.3, 0.4) is 0 Å². The Bertz CT molecular complexity index is 1080. The Morgan fingerprint density at radius 1 is 1.25 bits per heavy atom. The standard InChI is InChI=1S/C19H16ClF2N3OS.ClH/c1-11-3-5-17(15(22)7-11)24-19-25(2)13(10-27-19)9-18(26)23-16-6-4-12(21)8-14(16)20;/h3-8,10H,9H2,1-2H3,(H,23,26);1H. The van der Waals surface area contributed by atoms with E-state index in [0.29, 0.717) is 16.2 Å².